The van der Waals surface area contributed by atoms with Gasteiger partial charge in [0.05, 0.1) is 7.11 Å². The Morgan fingerprint density at radius 2 is 2.32 bits per heavy atom. The first-order chi connectivity index (χ1) is 9.22. The first-order valence-electron chi connectivity index (χ1n) is 6.61. The molecule has 106 valence electrons. The van der Waals surface area contributed by atoms with E-state index in [1.54, 1.807) is 18.3 Å². The summed E-state index contributed by atoms with van der Waals surface area (Å²) in [6.07, 6.45) is 4.32. The molecule has 0 saturated heterocycles. The predicted octanol–water partition coefficient (Wildman–Crippen LogP) is 1.62. The molecular formula is C14H22N2O3. The van der Waals surface area contributed by atoms with Gasteiger partial charge in [0, 0.05) is 19.3 Å². The summed E-state index contributed by atoms with van der Waals surface area (Å²) in [7, 11) is 1.49. The van der Waals surface area contributed by atoms with E-state index in [9.17, 15) is 4.79 Å². The smallest absolute Gasteiger partial charge is 0.256 e. The molecule has 0 saturated carbocycles. The maximum absolute atomic E-state index is 12.0. The van der Waals surface area contributed by atoms with E-state index in [2.05, 4.69) is 17.2 Å². The van der Waals surface area contributed by atoms with Gasteiger partial charge in [0.2, 0.25) is 5.88 Å². The van der Waals surface area contributed by atoms with Gasteiger partial charge < -0.3 is 15.2 Å². The van der Waals surface area contributed by atoms with Gasteiger partial charge in [0.25, 0.3) is 5.91 Å². The van der Waals surface area contributed by atoms with Crippen molar-refractivity contribution in [2.24, 2.45) is 5.92 Å². The lowest BCUT2D eigenvalue weighted by Crippen LogP contribution is -2.30. The Hall–Kier alpha value is -1.62. The molecule has 0 aliphatic carbocycles. The van der Waals surface area contributed by atoms with Gasteiger partial charge in [0.15, 0.2) is 0 Å². The fraction of sp³-hybridized carbons (Fsp3) is 0.571. The zero-order valence-corrected chi connectivity index (χ0v) is 11.6. The summed E-state index contributed by atoms with van der Waals surface area (Å²) in [4.78, 5) is 16.0. The summed E-state index contributed by atoms with van der Waals surface area (Å²) >= 11 is 0. The molecule has 1 aromatic heterocycles. The lowest BCUT2D eigenvalue weighted by atomic mass is 10.00. The lowest BCUT2D eigenvalue weighted by molar-refractivity contribution is 0.0939. The number of amides is 1. The largest absolute Gasteiger partial charge is 0.480 e. The maximum Gasteiger partial charge on any atom is 0.256 e. The molecule has 0 aliphatic rings. The number of aliphatic hydroxyl groups is 1. The second kappa shape index (κ2) is 8.48. The van der Waals surface area contributed by atoms with Crippen molar-refractivity contribution in [3.63, 3.8) is 0 Å². The third kappa shape index (κ3) is 4.87. The Bertz CT molecular complexity index is 390. The van der Waals surface area contributed by atoms with Gasteiger partial charge in [-0.1, -0.05) is 13.3 Å². The summed E-state index contributed by atoms with van der Waals surface area (Å²) in [6.45, 7) is 2.80. The molecule has 1 amide bonds. The lowest BCUT2D eigenvalue weighted by Gasteiger charge is -2.16. The highest BCUT2D eigenvalue weighted by Gasteiger charge is 2.14. The van der Waals surface area contributed by atoms with Crippen LogP contribution in [0.4, 0.5) is 0 Å². The fourth-order valence-electron chi connectivity index (χ4n) is 2.00. The summed E-state index contributed by atoms with van der Waals surface area (Å²) in [5.41, 5.74) is 0.434. The van der Waals surface area contributed by atoms with Crippen LogP contribution in [-0.2, 0) is 0 Å². The van der Waals surface area contributed by atoms with Gasteiger partial charge in [-0.3, -0.25) is 4.79 Å². The van der Waals surface area contributed by atoms with Crippen molar-refractivity contribution in [3.8, 4) is 5.88 Å². The van der Waals surface area contributed by atoms with Gasteiger partial charge in [0.1, 0.15) is 5.56 Å². The third-order valence-corrected chi connectivity index (χ3v) is 2.99. The van der Waals surface area contributed by atoms with Gasteiger partial charge in [-0.2, -0.15) is 0 Å². The number of aromatic nitrogens is 1. The molecule has 0 fully saturated rings. The average molecular weight is 266 g/mol. The second-order valence-electron chi connectivity index (χ2n) is 4.44. The van der Waals surface area contributed by atoms with Gasteiger partial charge in [-0.05, 0) is 30.9 Å². The summed E-state index contributed by atoms with van der Waals surface area (Å²) < 4.78 is 5.06. The first kappa shape index (κ1) is 15.4. The Morgan fingerprint density at radius 1 is 1.53 bits per heavy atom. The van der Waals surface area contributed by atoms with Crippen LogP contribution in [0.3, 0.4) is 0 Å². The number of carbonyl (C=O) groups is 1. The number of methoxy groups -OCH3 is 1. The normalized spacial score (nSPS) is 11.9. The van der Waals surface area contributed by atoms with E-state index in [1.807, 2.05) is 0 Å². The van der Waals surface area contributed by atoms with E-state index < -0.39 is 0 Å². The Labute approximate surface area is 114 Å². The average Bonchev–Trinajstić information content (AvgIpc) is 2.44. The first-order valence-corrected chi connectivity index (χ1v) is 6.61. The van der Waals surface area contributed by atoms with Crippen molar-refractivity contribution in [1.82, 2.24) is 10.3 Å². The molecule has 5 heteroatoms. The van der Waals surface area contributed by atoms with E-state index in [4.69, 9.17) is 9.84 Å². The number of nitrogens with one attached hydrogen (secondary N) is 1. The van der Waals surface area contributed by atoms with E-state index in [1.165, 1.54) is 7.11 Å². The quantitative estimate of drug-likeness (QED) is 0.750. The molecule has 0 aromatic carbocycles. The highest BCUT2D eigenvalue weighted by molar-refractivity contribution is 5.96. The number of hydrogen-bond acceptors (Lipinski definition) is 4. The third-order valence-electron chi connectivity index (χ3n) is 2.99. The van der Waals surface area contributed by atoms with Crippen molar-refractivity contribution >= 4 is 5.91 Å². The number of pyridine rings is 1. The molecule has 1 heterocycles. The van der Waals surface area contributed by atoms with Crippen molar-refractivity contribution in [2.45, 2.75) is 26.2 Å². The van der Waals surface area contributed by atoms with Crippen LogP contribution < -0.4 is 10.1 Å². The van der Waals surface area contributed by atoms with Crippen LogP contribution in [0.5, 0.6) is 5.88 Å². The number of carbonyl (C=O) groups excluding carboxylic acids is 1. The summed E-state index contributed by atoms with van der Waals surface area (Å²) in [6, 6.07) is 3.39. The SMILES string of the molecule is CCCC(CCO)CNC(=O)c1cccnc1OC. The Kier molecular flexibility index (Phi) is 6.89. The molecule has 1 unspecified atom stereocenters. The highest BCUT2D eigenvalue weighted by Crippen LogP contribution is 2.14. The zero-order valence-electron chi connectivity index (χ0n) is 11.6. The van der Waals surface area contributed by atoms with E-state index in [0.29, 0.717) is 30.3 Å². The molecule has 0 radical (unpaired) electrons. The molecule has 0 aliphatic heterocycles. The fourth-order valence-corrected chi connectivity index (χ4v) is 2.00. The van der Waals surface area contributed by atoms with Crippen LogP contribution in [0.25, 0.3) is 0 Å². The Balaban J connectivity index is 2.58. The van der Waals surface area contributed by atoms with Gasteiger partial charge in [-0.15, -0.1) is 0 Å². The van der Waals surface area contributed by atoms with Crippen LogP contribution in [0.1, 0.15) is 36.5 Å². The highest BCUT2D eigenvalue weighted by atomic mass is 16.5. The molecule has 0 bridgehead atoms. The van der Waals surface area contributed by atoms with E-state index >= 15 is 0 Å². The molecule has 1 aromatic rings. The number of aliphatic hydroxyl groups excluding tert-OH is 1. The number of hydrogen-bond donors (Lipinski definition) is 2. The van der Waals surface area contributed by atoms with E-state index in [-0.39, 0.29) is 12.5 Å². The van der Waals surface area contributed by atoms with Crippen LogP contribution >= 0.6 is 0 Å². The second-order valence-corrected chi connectivity index (χ2v) is 4.44. The molecule has 5 nitrogen and oxygen atoms in total. The van der Waals surface area contributed by atoms with Crippen molar-refractivity contribution < 1.29 is 14.6 Å². The number of ether oxygens (including phenoxy) is 1. The van der Waals surface area contributed by atoms with Crippen molar-refractivity contribution in [2.75, 3.05) is 20.3 Å². The monoisotopic (exact) mass is 266 g/mol. The maximum atomic E-state index is 12.0. The molecule has 1 atom stereocenters. The predicted molar refractivity (Wildman–Crippen MR) is 73.2 cm³/mol. The molecule has 19 heavy (non-hydrogen) atoms. The van der Waals surface area contributed by atoms with Crippen LogP contribution in [0.15, 0.2) is 18.3 Å². The molecule has 1 rings (SSSR count). The minimum atomic E-state index is -0.191. The topological polar surface area (TPSA) is 71.5 Å². The minimum absolute atomic E-state index is 0.150. The van der Waals surface area contributed by atoms with Gasteiger partial charge >= 0.3 is 0 Å². The number of nitrogens with zero attached hydrogens (tertiary/aromatic N) is 1. The number of rotatable bonds is 8. The summed E-state index contributed by atoms with van der Waals surface area (Å²) in [5, 5.41) is 11.9. The van der Waals surface area contributed by atoms with Crippen molar-refractivity contribution in [1.29, 1.82) is 0 Å². The standard InChI is InChI=1S/C14H22N2O3/c1-3-5-11(7-9-17)10-16-13(18)12-6-4-8-15-14(12)19-2/h4,6,8,11,17H,3,5,7,9-10H2,1-2H3,(H,16,18). The van der Waals surface area contributed by atoms with E-state index in [0.717, 1.165) is 12.8 Å². The molecule has 0 spiro atoms. The zero-order chi connectivity index (χ0) is 14.1. The molecule has 2 N–H and O–H groups in total. The van der Waals surface area contributed by atoms with Gasteiger partial charge in [-0.25, -0.2) is 4.98 Å². The minimum Gasteiger partial charge on any atom is -0.480 e. The summed E-state index contributed by atoms with van der Waals surface area (Å²) in [5.74, 6) is 0.444. The molecular weight excluding hydrogens is 244 g/mol. The van der Waals surface area contributed by atoms with Crippen LogP contribution in [0.2, 0.25) is 0 Å². The Morgan fingerprint density at radius 3 is 2.95 bits per heavy atom. The van der Waals surface area contributed by atoms with Crippen molar-refractivity contribution in [3.05, 3.63) is 23.9 Å². The van der Waals surface area contributed by atoms with Crippen LogP contribution in [-0.4, -0.2) is 36.3 Å². The van der Waals surface area contributed by atoms with Crippen LogP contribution in [0, 0.1) is 5.92 Å².